The van der Waals surface area contributed by atoms with Gasteiger partial charge >= 0.3 is 0 Å². The lowest BCUT2D eigenvalue weighted by Gasteiger charge is -2.14. The number of hydrogen-bond donors (Lipinski definition) is 1. The zero-order valence-corrected chi connectivity index (χ0v) is 14.1. The van der Waals surface area contributed by atoms with Crippen LogP contribution in [0.1, 0.15) is 31.0 Å². The number of nitrogens with one attached hydrogen (secondary N) is 1. The van der Waals surface area contributed by atoms with Crippen molar-refractivity contribution in [3.63, 3.8) is 0 Å². The summed E-state index contributed by atoms with van der Waals surface area (Å²) in [5, 5.41) is 3.46. The summed E-state index contributed by atoms with van der Waals surface area (Å²) in [6.45, 7) is 5.11. The van der Waals surface area contributed by atoms with Gasteiger partial charge in [-0.15, -0.1) is 0 Å². The van der Waals surface area contributed by atoms with Crippen molar-refractivity contribution >= 4 is 37.5 Å². The molecule has 1 heterocycles. The third-order valence-electron chi connectivity index (χ3n) is 2.91. The fraction of sp³-hybridized carbons (Fsp3) is 0.267. The Morgan fingerprint density at radius 3 is 2.63 bits per heavy atom. The molecule has 0 radical (unpaired) electrons. The summed E-state index contributed by atoms with van der Waals surface area (Å²) < 4.78 is 1.99. The van der Waals surface area contributed by atoms with E-state index >= 15 is 0 Å². The molecule has 0 atom stereocenters. The van der Waals surface area contributed by atoms with Crippen molar-refractivity contribution in [2.75, 3.05) is 5.32 Å². The molecule has 0 bridgehead atoms. The van der Waals surface area contributed by atoms with Gasteiger partial charge in [0.2, 0.25) is 0 Å². The van der Waals surface area contributed by atoms with Gasteiger partial charge in [0.15, 0.2) is 0 Å². The molecule has 0 aliphatic rings. The molecule has 2 rings (SSSR count). The van der Waals surface area contributed by atoms with Gasteiger partial charge in [-0.3, -0.25) is 4.98 Å². The molecule has 0 fully saturated rings. The zero-order chi connectivity index (χ0) is 13.8. The fourth-order valence-electron chi connectivity index (χ4n) is 1.91. The molecule has 1 aromatic carbocycles. The van der Waals surface area contributed by atoms with E-state index < -0.39 is 0 Å². The SMILES string of the molecule is CC(C)c1ccccc1NCc1ncc(Br)cc1Br. The van der Waals surface area contributed by atoms with Gasteiger partial charge in [0.25, 0.3) is 0 Å². The summed E-state index contributed by atoms with van der Waals surface area (Å²) in [5.74, 6) is 0.505. The molecule has 0 spiro atoms. The second kappa shape index (κ2) is 6.53. The predicted octanol–water partition coefficient (Wildman–Crippen LogP) is 5.34. The van der Waals surface area contributed by atoms with Crippen LogP contribution in [0.15, 0.2) is 45.5 Å². The van der Waals surface area contributed by atoms with Gasteiger partial charge in [-0.1, -0.05) is 32.0 Å². The minimum absolute atomic E-state index is 0.505. The van der Waals surface area contributed by atoms with Crippen molar-refractivity contribution in [3.8, 4) is 0 Å². The minimum atomic E-state index is 0.505. The Bertz CT molecular complexity index is 568. The first-order valence-electron chi connectivity index (χ1n) is 6.20. The molecule has 0 aliphatic heterocycles. The normalized spacial score (nSPS) is 10.8. The Hall–Kier alpha value is -0.870. The lowest BCUT2D eigenvalue weighted by atomic mass is 10.0. The Labute approximate surface area is 130 Å². The molecule has 0 saturated carbocycles. The molecule has 1 N–H and O–H groups in total. The molecular weight excluding hydrogens is 368 g/mol. The number of anilines is 1. The summed E-state index contributed by atoms with van der Waals surface area (Å²) in [4.78, 5) is 4.41. The second-order valence-corrected chi connectivity index (χ2v) is 6.45. The van der Waals surface area contributed by atoms with Crippen LogP contribution in [0.5, 0.6) is 0 Å². The quantitative estimate of drug-likeness (QED) is 0.770. The lowest BCUT2D eigenvalue weighted by Crippen LogP contribution is -2.05. The van der Waals surface area contributed by atoms with Crippen LogP contribution in [0.3, 0.4) is 0 Å². The van der Waals surface area contributed by atoms with E-state index in [0.29, 0.717) is 12.5 Å². The Kier molecular flexibility index (Phi) is 4.99. The van der Waals surface area contributed by atoms with Crippen LogP contribution in [0.2, 0.25) is 0 Å². The van der Waals surface area contributed by atoms with Gasteiger partial charge in [0.05, 0.1) is 12.2 Å². The van der Waals surface area contributed by atoms with Crippen LogP contribution in [-0.4, -0.2) is 4.98 Å². The van der Waals surface area contributed by atoms with Gasteiger partial charge in [-0.2, -0.15) is 0 Å². The average Bonchev–Trinajstić information content (AvgIpc) is 2.38. The number of pyridine rings is 1. The first-order valence-corrected chi connectivity index (χ1v) is 7.79. The van der Waals surface area contributed by atoms with Gasteiger partial charge in [0, 0.05) is 20.8 Å². The third-order valence-corrected chi connectivity index (χ3v) is 4.03. The first kappa shape index (κ1) is 14.5. The van der Waals surface area contributed by atoms with E-state index in [2.05, 4.69) is 80.3 Å². The fourth-order valence-corrected chi connectivity index (χ4v) is 3.04. The molecule has 0 aliphatic carbocycles. The van der Waals surface area contributed by atoms with Crippen LogP contribution in [0, 0.1) is 0 Å². The highest BCUT2D eigenvalue weighted by molar-refractivity contribution is 9.11. The van der Waals surface area contributed by atoms with Gasteiger partial charge in [0.1, 0.15) is 0 Å². The topological polar surface area (TPSA) is 24.9 Å². The van der Waals surface area contributed by atoms with E-state index in [4.69, 9.17) is 0 Å². The predicted molar refractivity (Wildman–Crippen MR) is 87.5 cm³/mol. The van der Waals surface area contributed by atoms with Crippen molar-refractivity contribution in [2.24, 2.45) is 0 Å². The van der Waals surface area contributed by atoms with E-state index in [9.17, 15) is 0 Å². The monoisotopic (exact) mass is 382 g/mol. The van der Waals surface area contributed by atoms with Crippen molar-refractivity contribution in [1.29, 1.82) is 0 Å². The molecule has 0 unspecified atom stereocenters. The number of para-hydroxylation sites is 1. The van der Waals surface area contributed by atoms with Crippen molar-refractivity contribution < 1.29 is 0 Å². The van der Waals surface area contributed by atoms with E-state index in [1.165, 1.54) is 11.3 Å². The van der Waals surface area contributed by atoms with Gasteiger partial charge in [-0.05, 0) is 55.5 Å². The number of nitrogens with zero attached hydrogens (tertiary/aromatic N) is 1. The Balaban J connectivity index is 2.14. The highest BCUT2D eigenvalue weighted by atomic mass is 79.9. The Morgan fingerprint density at radius 1 is 1.21 bits per heavy atom. The van der Waals surface area contributed by atoms with Crippen LogP contribution in [0.4, 0.5) is 5.69 Å². The Morgan fingerprint density at radius 2 is 1.95 bits per heavy atom. The third kappa shape index (κ3) is 3.80. The van der Waals surface area contributed by atoms with Crippen molar-refractivity contribution in [3.05, 3.63) is 56.7 Å². The molecule has 2 nitrogen and oxygen atoms in total. The number of benzene rings is 1. The average molecular weight is 384 g/mol. The summed E-state index contributed by atoms with van der Waals surface area (Å²) in [6.07, 6.45) is 1.82. The maximum Gasteiger partial charge on any atom is 0.0737 e. The summed E-state index contributed by atoms with van der Waals surface area (Å²) in [7, 11) is 0. The van der Waals surface area contributed by atoms with Crippen molar-refractivity contribution in [1.82, 2.24) is 4.98 Å². The zero-order valence-electron chi connectivity index (χ0n) is 11.0. The smallest absolute Gasteiger partial charge is 0.0737 e. The van der Waals surface area contributed by atoms with Crippen LogP contribution in [-0.2, 0) is 6.54 Å². The molecular formula is C15H16Br2N2. The van der Waals surface area contributed by atoms with Gasteiger partial charge in [-0.25, -0.2) is 0 Å². The second-order valence-electron chi connectivity index (χ2n) is 4.68. The van der Waals surface area contributed by atoms with Gasteiger partial charge < -0.3 is 5.32 Å². The summed E-state index contributed by atoms with van der Waals surface area (Å²) in [5.41, 5.74) is 3.51. The van der Waals surface area contributed by atoms with E-state index in [-0.39, 0.29) is 0 Å². The maximum absolute atomic E-state index is 4.41. The minimum Gasteiger partial charge on any atom is -0.379 e. The summed E-state index contributed by atoms with van der Waals surface area (Å²) >= 11 is 6.95. The summed E-state index contributed by atoms with van der Waals surface area (Å²) in [6, 6.07) is 10.4. The van der Waals surface area contributed by atoms with Crippen LogP contribution >= 0.6 is 31.9 Å². The molecule has 0 amide bonds. The molecule has 100 valence electrons. The van der Waals surface area contributed by atoms with Crippen LogP contribution in [0.25, 0.3) is 0 Å². The van der Waals surface area contributed by atoms with E-state index in [1.807, 2.05) is 12.3 Å². The van der Waals surface area contributed by atoms with E-state index in [1.54, 1.807) is 0 Å². The highest BCUT2D eigenvalue weighted by Gasteiger charge is 2.07. The first-order chi connectivity index (χ1) is 9.08. The molecule has 19 heavy (non-hydrogen) atoms. The highest BCUT2D eigenvalue weighted by Crippen LogP contribution is 2.25. The standard InChI is InChI=1S/C15H16Br2N2/c1-10(2)12-5-3-4-6-14(12)19-9-15-13(17)7-11(16)8-18-15/h3-8,10,19H,9H2,1-2H3. The number of aromatic nitrogens is 1. The molecule has 0 saturated heterocycles. The lowest BCUT2D eigenvalue weighted by molar-refractivity contribution is 0.864. The number of rotatable bonds is 4. The molecule has 2 aromatic rings. The number of hydrogen-bond acceptors (Lipinski definition) is 2. The largest absolute Gasteiger partial charge is 0.379 e. The van der Waals surface area contributed by atoms with Crippen molar-refractivity contribution in [2.45, 2.75) is 26.3 Å². The molecule has 1 aromatic heterocycles. The van der Waals surface area contributed by atoms with E-state index in [0.717, 1.165) is 14.6 Å². The van der Waals surface area contributed by atoms with Crippen LogP contribution < -0.4 is 5.32 Å². The molecule has 4 heteroatoms. The number of halogens is 2. The maximum atomic E-state index is 4.41.